The van der Waals surface area contributed by atoms with E-state index in [9.17, 15) is 4.79 Å². The van der Waals surface area contributed by atoms with E-state index in [4.69, 9.17) is 15.2 Å². The molecule has 21 heavy (non-hydrogen) atoms. The molecule has 0 radical (unpaired) electrons. The van der Waals surface area contributed by atoms with E-state index >= 15 is 0 Å². The minimum atomic E-state index is -0.498. The number of nitrogen functional groups attached to an aromatic ring is 1. The Morgan fingerprint density at radius 1 is 1.24 bits per heavy atom. The number of anilines is 1. The zero-order valence-corrected chi connectivity index (χ0v) is 13.6. The number of benzene rings is 1. The van der Waals surface area contributed by atoms with Gasteiger partial charge in [0.15, 0.2) is 0 Å². The topological polar surface area (TPSA) is 64.8 Å². The van der Waals surface area contributed by atoms with Crippen molar-refractivity contribution in [3.05, 3.63) is 24.3 Å². The summed E-state index contributed by atoms with van der Waals surface area (Å²) in [5.74, 6) is 0.733. The van der Waals surface area contributed by atoms with E-state index in [0.717, 1.165) is 5.75 Å². The van der Waals surface area contributed by atoms with Crippen molar-refractivity contribution in [2.75, 3.05) is 18.9 Å². The fourth-order valence-corrected chi connectivity index (χ4v) is 1.71. The van der Waals surface area contributed by atoms with Crippen LogP contribution in [0.5, 0.6) is 5.75 Å². The van der Waals surface area contributed by atoms with E-state index in [1.807, 2.05) is 46.8 Å². The van der Waals surface area contributed by atoms with Crippen LogP contribution in [0.4, 0.5) is 10.5 Å². The Hall–Kier alpha value is -1.91. The lowest BCUT2D eigenvalue weighted by atomic mass is 10.2. The van der Waals surface area contributed by atoms with Gasteiger partial charge in [-0.25, -0.2) is 4.79 Å². The summed E-state index contributed by atoms with van der Waals surface area (Å²) < 4.78 is 11.0. The lowest BCUT2D eigenvalue weighted by Gasteiger charge is -2.30. The van der Waals surface area contributed by atoms with E-state index < -0.39 is 5.60 Å². The van der Waals surface area contributed by atoms with Gasteiger partial charge in [-0.3, -0.25) is 0 Å². The maximum Gasteiger partial charge on any atom is 0.410 e. The number of hydrogen-bond donors (Lipinski definition) is 1. The molecule has 5 nitrogen and oxygen atoms in total. The number of carbonyl (C=O) groups is 1. The van der Waals surface area contributed by atoms with Crippen molar-refractivity contribution < 1.29 is 14.3 Å². The second-order valence-electron chi connectivity index (χ2n) is 6.18. The molecule has 0 saturated carbocycles. The summed E-state index contributed by atoms with van der Waals surface area (Å²) in [5.41, 5.74) is 5.81. The first-order chi connectivity index (χ1) is 9.69. The molecule has 0 aliphatic carbocycles. The molecule has 2 N–H and O–H groups in total. The van der Waals surface area contributed by atoms with Crippen LogP contribution < -0.4 is 10.5 Å². The van der Waals surface area contributed by atoms with Gasteiger partial charge in [-0.1, -0.05) is 0 Å². The Labute approximate surface area is 127 Å². The van der Waals surface area contributed by atoms with Crippen molar-refractivity contribution in [3.8, 4) is 5.75 Å². The molecule has 118 valence electrons. The highest BCUT2D eigenvalue weighted by molar-refractivity contribution is 5.68. The second kappa shape index (κ2) is 7.20. The van der Waals surface area contributed by atoms with Gasteiger partial charge in [-0.15, -0.1) is 0 Å². The van der Waals surface area contributed by atoms with Crippen LogP contribution in [-0.2, 0) is 4.74 Å². The quantitative estimate of drug-likeness (QED) is 0.846. The van der Waals surface area contributed by atoms with Crippen molar-refractivity contribution in [2.45, 2.75) is 46.3 Å². The molecule has 1 aromatic rings. The Morgan fingerprint density at radius 3 is 2.29 bits per heavy atom. The van der Waals surface area contributed by atoms with Crippen LogP contribution in [0.2, 0.25) is 0 Å². The maximum absolute atomic E-state index is 12.1. The molecule has 1 amide bonds. The molecular formula is C16H26N2O3. The van der Waals surface area contributed by atoms with Gasteiger partial charge in [0, 0.05) is 11.7 Å². The van der Waals surface area contributed by atoms with Gasteiger partial charge >= 0.3 is 6.09 Å². The minimum absolute atomic E-state index is 0.0508. The third-order valence-electron chi connectivity index (χ3n) is 2.73. The van der Waals surface area contributed by atoms with Crippen molar-refractivity contribution in [3.63, 3.8) is 0 Å². The molecule has 0 saturated heterocycles. The zero-order valence-electron chi connectivity index (χ0n) is 13.6. The molecule has 0 aliphatic heterocycles. The third kappa shape index (κ3) is 6.38. The van der Waals surface area contributed by atoms with Crippen LogP contribution >= 0.6 is 0 Å². The minimum Gasteiger partial charge on any atom is -0.492 e. The summed E-state index contributed by atoms with van der Waals surface area (Å²) in [5, 5.41) is 0. The average molecular weight is 294 g/mol. The summed E-state index contributed by atoms with van der Waals surface area (Å²) in [7, 11) is 0. The van der Waals surface area contributed by atoms with Gasteiger partial charge in [0.1, 0.15) is 18.0 Å². The molecule has 0 bridgehead atoms. The summed E-state index contributed by atoms with van der Waals surface area (Å²) in [6.45, 7) is 10.3. The SMILES string of the molecule is CC(C)N(CCOc1ccc(N)cc1)C(=O)OC(C)(C)C. The van der Waals surface area contributed by atoms with Crippen molar-refractivity contribution in [2.24, 2.45) is 0 Å². The first kappa shape index (κ1) is 17.1. The standard InChI is InChI=1S/C16H26N2O3/c1-12(2)18(15(19)21-16(3,4)5)10-11-20-14-8-6-13(17)7-9-14/h6-9,12H,10-11,17H2,1-5H3. The van der Waals surface area contributed by atoms with E-state index in [1.165, 1.54) is 0 Å². The summed E-state index contributed by atoms with van der Waals surface area (Å²) in [6, 6.07) is 7.23. The summed E-state index contributed by atoms with van der Waals surface area (Å²) >= 11 is 0. The zero-order chi connectivity index (χ0) is 16.0. The first-order valence-electron chi connectivity index (χ1n) is 7.17. The van der Waals surface area contributed by atoms with Gasteiger partial charge in [-0.2, -0.15) is 0 Å². The van der Waals surface area contributed by atoms with Crippen LogP contribution in [0.25, 0.3) is 0 Å². The molecule has 0 aliphatic rings. The first-order valence-corrected chi connectivity index (χ1v) is 7.17. The highest BCUT2D eigenvalue weighted by Crippen LogP contribution is 2.14. The number of hydrogen-bond acceptors (Lipinski definition) is 4. The highest BCUT2D eigenvalue weighted by atomic mass is 16.6. The summed E-state index contributed by atoms with van der Waals surface area (Å²) in [4.78, 5) is 13.8. The largest absolute Gasteiger partial charge is 0.492 e. The molecule has 0 unspecified atom stereocenters. The molecule has 0 fully saturated rings. The Kier molecular flexibility index (Phi) is 5.88. The fourth-order valence-electron chi connectivity index (χ4n) is 1.71. The molecule has 0 spiro atoms. The number of ether oxygens (including phenoxy) is 2. The Morgan fingerprint density at radius 2 is 1.81 bits per heavy atom. The second-order valence-corrected chi connectivity index (χ2v) is 6.18. The van der Waals surface area contributed by atoms with Crippen LogP contribution in [0.1, 0.15) is 34.6 Å². The smallest absolute Gasteiger partial charge is 0.410 e. The number of carbonyl (C=O) groups excluding carboxylic acids is 1. The lowest BCUT2D eigenvalue weighted by Crippen LogP contribution is -2.43. The van der Waals surface area contributed by atoms with Gasteiger partial charge in [-0.05, 0) is 58.9 Å². The van der Waals surface area contributed by atoms with Crippen molar-refractivity contribution in [1.29, 1.82) is 0 Å². The maximum atomic E-state index is 12.1. The van der Waals surface area contributed by atoms with Gasteiger partial charge < -0.3 is 20.1 Å². The molecular weight excluding hydrogens is 268 g/mol. The number of rotatable bonds is 5. The van der Waals surface area contributed by atoms with E-state index in [-0.39, 0.29) is 12.1 Å². The fraction of sp³-hybridized carbons (Fsp3) is 0.562. The van der Waals surface area contributed by atoms with Crippen molar-refractivity contribution >= 4 is 11.8 Å². The van der Waals surface area contributed by atoms with E-state index in [0.29, 0.717) is 18.8 Å². The Balaban J connectivity index is 2.51. The highest BCUT2D eigenvalue weighted by Gasteiger charge is 2.23. The average Bonchev–Trinajstić information content (AvgIpc) is 2.34. The van der Waals surface area contributed by atoms with Crippen LogP contribution in [0, 0.1) is 0 Å². The van der Waals surface area contributed by atoms with Crippen LogP contribution in [-0.4, -0.2) is 35.8 Å². The summed E-state index contributed by atoms with van der Waals surface area (Å²) in [6.07, 6.45) is -0.321. The predicted molar refractivity (Wildman–Crippen MR) is 84.4 cm³/mol. The molecule has 1 aromatic carbocycles. The molecule has 0 heterocycles. The lowest BCUT2D eigenvalue weighted by molar-refractivity contribution is 0.0164. The van der Waals surface area contributed by atoms with Crippen molar-refractivity contribution in [1.82, 2.24) is 4.90 Å². The van der Waals surface area contributed by atoms with Gasteiger partial charge in [0.05, 0.1) is 6.54 Å². The predicted octanol–water partition coefficient (Wildman–Crippen LogP) is 3.29. The normalized spacial score (nSPS) is 11.3. The van der Waals surface area contributed by atoms with E-state index in [2.05, 4.69) is 0 Å². The number of nitrogens with two attached hydrogens (primary N) is 1. The number of nitrogens with zero attached hydrogens (tertiary/aromatic N) is 1. The molecule has 1 rings (SSSR count). The monoisotopic (exact) mass is 294 g/mol. The third-order valence-corrected chi connectivity index (χ3v) is 2.73. The molecule has 5 heteroatoms. The number of amides is 1. The van der Waals surface area contributed by atoms with Crippen LogP contribution in [0.15, 0.2) is 24.3 Å². The van der Waals surface area contributed by atoms with Gasteiger partial charge in [0.25, 0.3) is 0 Å². The van der Waals surface area contributed by atoms with E-state index in [1.54, 1.807) is 17.0 Å². The van der Waals surface area contributed by atoms with Gasteiger partial charge in [0.2, 0.25) is 0 Å². The Bertz CT molecular complexity index is 450. The molecule has 0 atom stereocenters. The van der Waals surface area contributed by atoms with Crippen LogP contribution in [0.3, 0.4) is 0 Å². The molecule has 0 aromatic heterocycles.